The summed E-state index contributed by atoms with van der Waals surface area (Å²) in [6, 6.07) is 24.7. The molecule has 0 aliphatic carbocycles. The van der Waals surface area contributed by atoms with Crippen molar-refractivity contribution in [2.45, 2.75) is 78.4 Å². The second-order valence-electron chi connectivity index (χ2n) is 11.8. The molecule has 0 aromatic heterocycles. The summed E-state index contributed by atoms with van der Waals surface area (Å²) in [4.78, 5) is 41.5. The van der Waals surface area contributed by atoms with Gasteiger partial charge in [0.05, 0.1) is 0 Å². The molecule has 0 aliphatic rings. The molecule has 0 radical (unpaired) electrons. The maximum atomic E-state index is 13.8. The van der Waals surface area contributed by atoms with Gasteiger partial charge in [-0.1, -0.05) is 66.7 Å². The molecular formula is C33H40N2O3. The van der Waals surface area contributed by atoms with E-state index in [9.17, 15) is 14.4 Å². The topological polar surface area (TPSA) is 66.5 Å². The summed E-state index contributed by atoms with van der Waals surface area (Å²) in [5, 5.41) is 3.00. The molecule has 5 nitrogen and oxygen atoms in total. The summed E-state index contributed by atoms with van der Waals surface area (Å²) in [5.41, 5.74) is 3.01. The molecule has 0 spiro atoms. The van der Waals surface area contributed by atoms with Gasteiger partial charge in [0.25, 0.3) is 11.8 Å². The fourth-order valence-electron chi connectivity index (χ4n) is 4.35. The third-order valence-corrected chi connectivity index (χ3v) is 6.30. The van der Waals surface area contributed by atoms with Crippen LogP contribution in [0.2, 0.25) is 0 Å². The third kappa shape index (κ3) is 8.14. The molecule has 0 fully saturated rings. The molecule has 0 unspecified atom stereocenters. The van der Waals surface area contributed by atoms with Gasteiger partial charge in [-0.3, -0.25) is 14.4 Å². The summed E-state index contributed by atoms with van der Waals surface area (Å²) in [6.07, 6.45) is 0.918. The molecule has 0 saturated heterocycles. The number of aryl methyl sites for hydroxylation is 1. The van der Waals surface area contributed by atoms with E-state index in [1.165, 1.54) is 0 Å². The van der Waals surface area contributed by atoms with Crippen LogP contribution in [0.25, 0.3) is 0 Å². The number of Topliss-reactive ketones (excluding diaryl/α,β-unsaturated/α-hetero) is 1. The van der Waals surface area contributed by atoms with Crippen LogP contribution in [-0.4, -0.2) is 33.6 Å². The number of ketones is 1. The summed E-state index contributed by atoms with van der Waals surface area (Å²) in [6.45, 7) is 12.4. The van der Waals surface area contributed by atoms with E-state index < -0.39 is 5.54 Å². The Labute approximate surface area is 227 Å². The van der Waals surface area contributed by atoms with Crippen molar-refractivity contribution < 1.29 is 14.4 Å². The number of hydrogen-bond acceptors (Lipinski definition) is 3. The lowest BCUT2D eigenvalue weighted by molar-refractivity contribution is -0.118. The molecule has 0 heterocycles. The minimum atomic E-state index is -0.401. The van der Waals surface area contributed by atoms with Gasteiger partial charge in [0.15, 0.2) is 0 Å². The Morgan fingerprint density at radius 1 is 0.711 bits per heavy atom. The van der Waals surface area contributed by atoms with Gasteiger partial charge in [0, 0.05) is 41.6 Å². The lowest BCUT2D eigenvalue weighted by Gasteiger charge is -2.36. The fraction of sp³-hybridized carbons (Fsp3) is 0.364. The van der Waals surface area contributed by atoms with Crippen LogP contribution in [0.4, 0.5) is 0 Å². The van der Waals surface area contributed by atoms with E-state index in [4.69, 9.17) is 0 Å². The second-order valence-corrected chi connectivity index (χ2v) is 11.8. The van der Waals surface area contributed by atoms with Crippen LogP contribution in [0.3, 0.4) is 0 Å². The number of nitrogens with zero attached hydrogens (tertiary/aromatic N) is 1. The molecule has 200 valence electrons. The number of carbonyl (C=O) groups excluding carboxylic acids is 3. The van der Waals surface area contributed by atoms with Gasteiger partial charge in [-0.2, -0.15) is 0 Å². The van der Waals surface area contributed by atoms with Gasteiger partial charge < -0.3 is 10.2 Å². The van der Waals surface area contributed by atoms with Crippen LogP contribution in [0.5, 0.6) is 0 Å². The average Bonchev–Trinajstić information content (AvgIpc) is 2.85. The smallest absolute Gasteiger partial charge is 0.254 e. The monoisotopic (exact) mass is 512 g/mol. The molecule has 38 heavy (non-hydrogen) atoms. The standard InChI is InChI=1S/C33H40N2O3/c1-32(2,3)34-30(37)28-18-12-10-16-25(28)20-21-27(36)22-26-17-11-13-19-29(26)31(38)35(33(4,5)6)23-24-14-8-7-9-15-24/h7-19H,20-23H2,1-6H3,(H,34,37). The van der Waals surface area contributed by atoms with E-state index in [-0.39, 0.29) is 36.0 Å². The Morgan fingerprint density at radius 3 is 1.87 bits per heavy atom. The van der Waals surface area contributed by atoms with Gasteiger partial charge >= 0.3 is 0 Å². The van der Waals surface area contributed by atoms with E-state index in [1.54, 1.807) is 12.1 Å². The zero-order valence-corrected chi connectivity index (χ0v) is 23.5. The Balaban J connectivity index is 1.75. The van der Waals surface area contributed by atoms with E-state index in [1.807, 2.05) is 113 Å². The Kier molecular flexibility index (Phi) is 9.26. The van der Waals surface area contributed by atoms with Crippen LogP contribution in [0.15, 0.2) is 78.9 Å². The molecule has 0 bridgehead atoms. The number of rotatable bonds is 9. The van der Waals surface area contributed by atoms with Gasteiger partial charge in [-0.05, 0) is 76.8 Å². The minimum Gasteiger partial charge on any atom is -0.347 e. The molecule has 2 amide bonds. The van der Waals surface area contributed by atoms with Crippen molar-refractivity contribution >= 4 is 17.6 Å². The maximum Gasteiger partial charge on any atom is 0.254 e. The summed E-state index contributed by atoms with van der Waals surface area (Å²) < 4.78 is 0. The minimum absolute atomic E-state index is 0.0293. The predicted molar refractivity (Wildman–Crippen MR) is 153 cm³/mol. The zero-order chi connectivity index (χ0) is 27.9. The first-order valence-corrected chi connectivity index (χ1v) is 13.2. The number of amides is 2. The van der Waals surface area contributed by atoms with Crippen molar-refractivity contribution in [3.05, 3.63) is 107 Å². The van der Waals surface area contributed by atoms with Crippen molar-refractivity contribution in [2.75, 3.05) is 0 Å². The maximum absolute atomic E-state index is 13.8. The molecule has 3 rings (SSSR count). The third-order valence-electron chi connectivity index (χ3n) is 6.30. The lowest BCUT2D eigenvalue weighted by atomic mass is 9.95. The van der Waals surface area contributed by atoms with Crippen molar-refractivity contribution in [3.8, 4) is 0 Å². The Morgan fingerprint density at radius 2 is 1.26 bits per heavy atom. The summed E-state index contributed by atoms with van der Waals surface area (Å²) >= 11 is 0. The largest absolute Gasteiger partial charge is 0.347 e. The van der Waals surface area contributed by atoms with Crippen LogP contribution in [0.1, 0.15) is 85.4 Å². The average molecular weight is 513 g/mol. The predicted octanol–water partition coefficient (Wildman–Crippen LogP) is 6.40. The fourth-order valence-corrected chi connectivity index (χ4v) is 4.35. The Bertz CT molecular complexity index is 1270. The van der Waals surface area contributed by atoms with E-state index in [0.29, 0.717) is 24.1 Å². The molecule has 3 aromatic rings. The van der Waals surface area contributed by atoms with Crippen LogP contribution in [0, 0.1) is 0 Å². The molecule has 0 atom stereocenters. The van der Waals surface area contributed by atoms with Crippen molar-refractivity contribution in [3.63, 3.8) is 0 Å². The quantitative estimate of drug-likeness (QED) is 0.361. The van der Waals surface area contributed by atoms with Crippen molar-refractivity contribution in [1.82, 2.24) is 10.2 Å². The van der Waals surface area contributed by atoms with E-state index in [0.717, 1.165) is 16.7 Å². The van der Waals surface area contributed by atoms with Crippen molar-refractivity contribution in [1.29, 1.82) is 0 Å². The number of hydrogen-bond donors (Lipinski definition) is 1. The molecule has 3 aromatic carbocycles. The first-order chi connectivity index (χ1) is 17.8. The van der Waals surface area contributed by atoms with Gasteiger partial charge in [-0.15, -0.1) is 0 Å². The highest BCUT2D eigenvalue weighted by Crippen LogP contribution is 2.23. The van der Waals surface area contributed by atoms with Crippen LogP contribution < -0.4 is 5.32 Å². The summed E-state index contributed by atoms with van der Waals surface area (Å²) in [7, 11) is 0. The van der Waals surface area contributed by atoms with Gasteiger partial charge in [0.1, 0.15) is 5.78 Å². The van der Waals surface area contributed by atoms with Gasteiger partial charge in [0.2, 0.25) is 0 Å². The molecule has 5 heteroatoms. The number of carbonyl (C=O) groups is 3. The first-order valence-electron chi connectivity index (χ1n) is 13.2. The van der Waals surface area contributed by atoms with Gasteiger partial charge in [-0.25, -0.2) is 0 Å². The lowest BCUT2D eigenvalue weighted by Crippen LogP contribution is -2.45. The Hall–Kier alpha value is -3.73. The number of nitrogens with one attached hydrogen (secondary N) is 1. The normalized spacial score (nSPS) is 11.6. The summed E-state index contributed by atoms with van der Waals surface area (Å²) in [5.74, 6) is -0.201. The van der Waals surface area contributed by atoms with Crippen molar-refractivity contribution in [2.24, 2.45) is 0 Å². The first kappa shape index (κ1) is 28.8. The highest BCUT2D eigenvalue weighted by Gasteiger charge is 2.29. The molecule has 0 saturated carbocycles. The number of benzene rings is 3. The molecular weight excluding hydrogens is 472 g/mol. The van der Waals surface area contributed by atoms with E-state index in [2.05, 4.69) is 5.32 Å². The van der Waals surface area contributed by atoms with Crippen LogP contribution in [-0.2, 0) is 24.2 Å². The van der Waals surface area contributed by atoms with E-state index >= 15 is 0 Å². The zero-order valence-electron chi connectivity index (χ0n) is 23.5. The second kappa shape index (κ2) is 12.2. The molecule has 0 aliphatic heterocycles. The highest BCUT2D eigenvalue weighted by molar-refractivity contribution is 5.98. The molecule has 1 N–H and O–H groups in total. The van der Waals surface area contributed by atoms with Crippen LogP contribution >= 0.6 is 0 Å². The highest BCUT2D eigenvalue weighted by atomic mass is 16.2. The SMILES string of the molecule is CC(C)(C)NC(=O)c1ccccc1CCC(=O)Cc1ccccc1C(=O)N(Cc1ccccc1)C(C)(C)C.